The second-order valence-corrected chi connectivity index (χ2v) is 6.89. The Morgan fingerprint density at radius 2 is 2.15 bits per heavy atom. The van der Waals surface area contributed by atoms with Crippen LogP contribution in [0, 0.1) is 0 Å². The quantitative estimate of drug-likeness (QED) is 0.798. The fourth-order valence-corrected chi connectivity index (χ4v) is 3.21. The molecule has 7 nitrogen and oxygen atoms in total. The molecule has 0 aliphatic rings. The van der Waals surface area contributed by atoms with Crippen LogP contribution in [0.1, 0.15) is 18.8 Å². The normalized spacial score (nSPS) is 13.3. The largest absolute Gasteiger partial charge is 0.398 e. The number of nitrogens with two attached hydrogens (primary N) is 1. The lowest BCUT2D eigenvalue weighted by Gasteiger charge is -2.14. The molecule has 0 saturated carbocycles. The summed E-state index contributed by atoms with van der Waals surface area (Å²) in [7, 11) is -1.93. The molecule has 0 radical (unpaired) electrons. The highest BCUT2D eigenvalue weighted by Crippen LogP contribution is 2.23. The Hall–Kier alpha value is -1.45. The van der Waals surface area contributed by atoms with E-state index in [1.807, 2.05) is 0 Å². The number of hydrogen-bond donors (Lipinski definition) is 2. The third-order valence-electron chi connectivity index (χ3n) is 2.74. The highest BCUT2D eigenvalue weighted by Gasteiger charge is 2.21. The van der Waals surface area contributed by atoms with Crippen LogP contribution in [-0.2, 0) is 17.1 Å². The predicted molar refractivity (Wildman–Crippen MR) is 78.3 cm³/mol. The summed E-state index contributed by atoms with van der Waals surface area (Å²) in [4.78, 5) is 0.104. The van der Waals surface area contributed by atoms with Gasteiger partial charge in [0.2, 0.25) is 10.0 Å². The predicted octanol–water partition coefficient (Wildman–Crippen LogP) is 1.20. The van der Waals surface area contributed by atoms with Crippen molar-refractivity contribution >= 4 is 31.6 Å². The Labute approximate surface area is 125 Å². The molecule has 0 aliphatic carbocycles. The number of hydrogen-bond acceptors (Lipinski definition) is 5. The van der Waals surface area contributed by atoms with Gasteiger partial charge in [0.25, 0.3) is 0 Å². The summed E-state index contributed by atoms with van der Waals surface area (Å²) < 4.78 is 29.4. The molecule has 9 heteroatoms. The first-order valence-corrected chi connectivity index (χ1v) is 8.00. The summed E-state index contributed by atoms with van der Waals surface area (Å²) in [5.41, 5.74) is 6.06. The van der Waals surface area contributed by atoms with Gasteiger partial charge in [-0.2, -0.15) is 0 Å². The molecule has 2 rings (SSSR count). The molecule has 1 aromatic carbocycles. The Balaban J connectivity index is 2.27. The summed E-state index contributed by atoms with van der Waals surface area (Å²) in [6, 6.07) is 3.97. The van der Waals surface area contributed by atoms with Gasteiger partial charge >= 0.3 is 0 Å². The van der Waals surface area contributed by atoms with E-state index in [1.165, 1.54) is 18.5 Å². The summed E-state index contributed by atoms with van der Waals surface area (Å²) in [6.45, 7) is 1.70. The molecule has 1 aromatic heterocycles. The fourth-order valence-electron chi connectivity index (χ4n) is 1.73. The molecule has 0 aliphatic heterocycles. The molecule has 1 heterocycles. The SMILES string of the molecule is CC(NS(=O)(=O)c1ccc(Br)c(N)c1)c1nncn1C. The molecule has 20 heavy (non-hydrogen) atoms. The lowest BCUT2D eigenvalue weighted by molar-refractivity contribution is 0.553. The number of halogens is 1. The van der Waals surface area contributed by atoms with E-state index in [9.17, 15) is 8.42 Å². The number of aryl methyl sites for hydroxylation is 1. The number of rotatable bonds is 4. The number of sulfonamides is 1. The van der Waals surface area contributed by atoms with E-state index in [4.69, 9.17) is 5.73 Å². The lowest BCUT2D eigenvalue weighted by Crippen LogP contribution is -2.28. The molecule has 0 amide bonds. The first-order valence-electron chi connectivity index (χ1n) is 5.72. The number of nitrogens with zero attached hydrogens (tertiary/aromatic N) is 3. The monoisotopic (exact) mass is 359 g/mol. The lowest BCUT2D eigenvalue weighted by atomic mass is 10.3. The van der Waals surface area contributed by atoms with Crippen molar-refractivity contribution in [2.24, 2.45) is 7.05 Å². The van der Waals surface area contributed by atoms with E-state index in [0.29, 0.717) is 16.0 Å². The number of anilines is 1. The van der Waals surface area contributed by atoms with Gasteiger partial charge in [0.05, 0.1) is 10.9 Å². The van der Waals surface area contributed by atoms with Crippen molar-refractivity contribution < 1.29 is 8.42 Å². The van der Waals surface area contributed by atoms with Gasteiger partial charge in [-0.1, -0.05) is 0 Å². The zero-order valence-electron chi connectivity index (χ0n) is 10.9. The van der Waals surface area contributed by atoms with Gasteiger partial charge in [-0.05, 0) is 41.1 Å². The maximum Gasteiger partial charge on any atom is 0.241 e. The number of aromatic nitrogens is 3. The van der Waals surface area contributed by atoms with Crippen molar-refractivity contribution in [1.82, 2.24) is 19.5 Å². The van der Waals surface area contributed by atoms with Crippen LogP contribution in [0.4, 0.5) is 5.69 Å². The second-order valence-electron chi connectivity index (χ2n) is 4.33. The number of benzene rings is 1. The van der Waals surface area contributed by atoms with E-state index in [1.54, 1.807) is 24.6 Å². The first kappa shape index (κ1) is 14.9. The Bertz CT molecular complexity index is 728. The molecule has 1 unspecified atom stereocenters. The number of nitrogens with one attached hydrogen (secondary N) is 1. The summed E-state index contributed by atoms with van der Waals surface area (Å²) in [5, 5.41) is 7.60. The highest BCUT2D eigenvalue weighted by molar-refractivity contribution is 9.10. The van der Waals surface area contributed by atoms with Gasteiger partial charge in [0.15, 0.2) is 0 Å². The summed E-state index contributed by atoms with van der Waals surface area (Å²) in [6.07, 6.45) is 1.51. The second kappa shape index (κ2) is 5.51. The third kappa shape index (κ3) is 3.00. The number of nitrogen functional groups attached to an aromatic ring is 1. The average Bonchev–Trinajstić information content (AvgIpc) is 2.78. The van der Waals surface area contributed by atoms with Gasteiger partial charge < -0.3 is 10.3 Å². The van der Waals surface area contributed by atoms with E-state index in [-0.39, 0.29) is 4.90 Å². The minimum atomic E-state index is -3.67. The van der Waals surface area contributed by atoms with E-state index < -0.39 is 16.1 Å². The highest BCUT2D eigenvalue weighted by atomic mass is 79.9. The van der Waals surface area contributed by atoms with Gasteiger partial charge in [-0.25, -0.2) is 13.1 Å². The van der Waals surface area contributed by atoms with Crippen LogP contribution in [0.2, 0.25) is 0 Å². The van der Waals surface area contributed by atoms with Crippen molar-refractivity contribution in [2.45, 2.75) is 17.9 Å². The molecule has 1 atom stereocenters. The Morgan fingerprint density at radius 3 is 2.70 bits per heavy atom. The van der Waals surface area contributed by atoms with Crippen LogP contribution in [0.15, 0.2) is 33.9 Å². The third-order valence-corrected chi connectivity index (χ3v) is 5.00. The zero-order valence-corrected chi connectivity index (χ0v) is 13.3. The van der Waals surface area contributed by atoms with Gasteiger partial charge in [0.1, 0.15) is 12.2 Å². The van der Waals surface area contributed by atoms with Gasteiger partial charge in [-0.3, -0.25) is 0 Å². The van der Waals surface area contributed by atoms with Crippen LogP contribution < -0.4 is 10.5 Å². The van der Waals surface area contributed by atoms with E-state index >= 15 is 0 Å². The molecule has 3 N–H and O–H groups in total. The van der Waals surface area contributed by atoms with Crippen molar-refractivity contribution in [3.05, 3.63) is 34.8 Å². The minimum absolute atomic E-state index is 0.104. The maximum atomic E-state index is 12.3. The van der Waals surface area contributed by atoms with Crippen molar-refractivity contribution in [3.63, 3.8) is 0 Å². The van der Waals surface area contributed by atoms with Crippen LogP contribution >= 0.6 is 15.9 Å². The van der Waals surface area contributed by atoms with Crippen molar-refractivity contribution in [2.75, 3.05) is 5.73 Å². The maximum absolute atomic E-state index is 12.3. The van der Waals surface area contributed by atoms with Crippen LogP contribution in [0.5, 0.6) is 0 Å². The molecular weight excluding hydrogens is 346 g/mol. The summed E-state index contributed by atoms with van der Waals surface area (Å²) >= 11 is 3.23. The van der Waals surface area contributed by atoms with E-state index in [0.717, 1.165) is 0 Å². The molecule has 0 bridgehead atoms. The molecular formula is C11H14BrN5O2S. The zero-order chi connectivity index (χ0) is 14.9. The Kier molecular flexibility index (Phi) is 4.11. The average molecular weight is 360 g/mol. The molecule has 0 saturated heterocycles. The molecule has 2 aromatic rings. The van der Waals surface area contributed by atoms with Crippen LogP contribution in [0.3, 0.4) is 0 Å². The van der Waals surface area contributed by atoms with E-state index in [2.05, 4.69) is 30.8 Å². The molecule has 108 valence electrons. The smallest absolute Gasteiger partial charge is 0.241 e. The topological polar surface area (TPSA) is 103 Å². The fraction of sp³-hybridized carbons (Fsp3) is 0.273. The van der Waals surface area contributed by atoms with Crippen LogP contribution in [0.25, 0.3) is 0 Å². The minimum Gasteiger partial charge on any atom is -0.398 e. The van der Waals surface area contributed by atoms with Crippen molar-refractivity contribution in [3.8, 4) is 0 Å². The Morgan fingerprint density at radius 1 is 1.45 bits per heavy atom. The van der Waals surface area contributed by atoms with Gasteiger partial charge in [-0.15, -0.1) is 10.2 Å². The summed E-state index contributed by atoms with van der Waals surface area (Å²) in [5.74, 6) is 0.527. The molecule has 0 spiro atoms. The first-order chi connectivity index (χ1) is 9.31. The van der Waals surface area contributed by atoms with Gasteiger partial charge in [0, 0.05) is 17.2 Å². The van der Waals surface area contributed by atoms with Crippen molar-refractivity contribution in [1.29, 1.82) is 0 Å². The molecule has 0 fully saturated rings. The van der Waals surface area contributed by atoms with Crippen LogP contribution in [-0.4, -0.2) is 23.2 Å². The standard InChI is InChI=1S/C11H14BrN5O2S/c1-7(11-15-14-6-17(11)2)16-20(18,19)8-3-4-9(12)10(13)5-8/h3-7,16H,13H2,1-2H3.